The van der Waals surface area contributed by atoms with Gasteiger partial charge in [-0.3, -0.25) is 0 Å². The third-order valence-electron chi connectivity index (χ3n) is 4.53. The molecule has 0 radical (unpaired) electrons. The highest BCUT2D eigenvalue weighted by Gasteiger charge is 2.47. The molecule has 0 aromatic carbocycles. The Morgan fingerprint density at radius 2 is 2.06 bits per heavy atom. The fraction of sp³-hybridized carbons (Fsp3) is 0.812. The quantitative estimate of drug-likeness (QED) is 0.520. The summed E-state index contributed by atoms with van der Waals surface area (Å²) in [6.07, 6.45) is 8.71. The van der Waals surface area contributed by atoms with Crippen LogP contribution in [0.5, 0.6) is 0 Å². The Morgan fingerprint density at radius 3 is 2.56 bits per heavy atom. The summed E-state index contributed by atoms with van der Waals surface area (Å²) in [5.74, 6) is 1.37. The molecular formula is C16H26O2. The normalized spacial score (nSPS) is 29.8. The van der Waals surface area contributed by atoms with Gasteiger partial charge in [-0.05, 0) is 56.8 Å². The van der Waals surface area contributed by atoms with Crippen molar-refractivity contribution < 1.29 is 9.53 Å². The SMILES string of the molecule is C=C(CCCC(C)C)C(=O)OC12CCC(CC1)C2. The molecule has 0 saturated heterocycles. The number of hydrogen-bond donors (Lipinski definition) is 0. The van der Waals surface area contributed by atoms with E-state index in [2.05, 4.69) is 20.4 Å². The van der Waals surface area contributed by atoms with Gasteiger partial charge in [0.25, 0.3) is 0 Å². The molecule has 2 heteroatoms. The number of ether oxygens (including phenoxy) is 1. The predicted octanol–water partition coefficient (Wildman–Crippen LogP) is 4.24. The molecule has 2 rings (SSSR count). The van der Waals surface area contributed by atoms with Crippen molar-refractivity contribution in [2.45, 2.75) is 70.8 Å². The molecule has 2 saturated carbocycles. The molecule has 0 atom stereocenters. The Labute approximate surface area is 111 Å². The van der Waals surface area contributed by atoms with E-state index in [4.69, 9.17) is 4.74 Å². The molecule has 18 heavy (non-hydrogen) atoms. The number of fused-ring (bicyclic) bond motifs is 2. The van der Waals surface area contributed by atoms with Gasteiger partial charge in [0.15, 0.2) is 0 Å². The third kappa shape index (κ3) is 3.15. The average molecular weight is 250 g/mol. The predicted molar refractivity (Wildman–Crippen MR) is 73.2 cm³/mol. The molecular weight excluding hydrogens is 224 g/mol. The minimum atomic E-state index is -0.138. The van der Waals surface area contributed by atoms with Crippen molar-refractivity contribution >= 4 is 5.97 Å². The summed E-state index contributed by atoms with van der Waals surface area (Å²) in [5, 5.41) is 0. The van der Waals surface area contributed by atoms with Crippen molar-refractivity contribution in [1.29, 1.82) is 0 Å². The standard InChI is InChI=1S/C16H26O2/c1-12(2)5-4-6-13(3)15(17)18-16-9-7-14(11-16)8-10-16/h12,14H,3-11H2,1-2H3. The summed E-state index contributed by atoms with van der Waals surface area (Å²) >= 11 is 0. The summed E-state index contributed by atoms with van der Waals surface area (Å²) in [6.45, 7) is 8.31. The Morgan fingerprint density at radius 1 is 1.39 bits per heavy atom. The van der Waals surface area contributed by atoms with Crippen LogP contribution < -0.4 is 0 Å². The molecule has 2 aliphatic rings. The molecule has 0 unspecified atom stereocenters. The number of carbonyl (C=O) groups is 1. The van der Waals surface area contributed by atoms with Gasteiger partial charge in [0.05, 0.1) is 0 Å². The van der Waals surface area contributed by atoms with E-state index in [1.165, 1.54) is 12.8 Å². The van der Waals surface area contributed by atoms with Crippen LogP contribution in [0.3, 0.4) is 0 Å². The van der Waals surface area contributed by atoms with Gasteiger partial charge >= 0.3 is 5.97 Å². The Balaban J connectivity index is 1.75. The molecule has 0 aromatic heterocycles. The lowest BCUT2D eigenvalue weighted by molar-refractivity contribution is -0.154. The van der Waals surface area contributed by atoms with Crippen molar-refractivity contribution in [3.8, 4) is 0 Å². The fourth-order valence-electron chi connectivity index (χ4n) is 3.38. The second kappa shape index (κ2) is 5.46. The molecule has 0 aromatic rings. The first-order valence-electron chi connectivity index (χ1n) is 7.42. The van der Waals surface area contributed by atoms with Crippen molar-refractivity contribution in [3.05, 3.63) is 12.2 Å². The van der Waals surface area contributed by atoms with Crippen LogP contribution in [0, 0.1) is 11.8 Å². The van der Waals surface area contributed by atoms with E-state index in [9.17, 15) is 4.79 Å². The summed E-state index contributed by atoms with van der Waals surface area (Å²) < 4.78 is 5.77. The highest BCUT2D eigenvalue weighted by Crippen LogP contribution is 2.50. The Bertz CT molecular complexity index is 322. The second-order valence-corrected chi connectivity index (χ2v) is 6.61. The monoisotopic (exact) mass is 250 g/mol. The van der Waals surface area contributed by atoms with Crippen LogP contribution in [0.2, 0.25) is 0 Å². The maximum absolute atomic E-state index is 12.0. The van der Waals surface area contributed by atoms with Gasteiger partial charge in [0.1, 0.15) is 5.60 Å². The molecule has 2 fully saturated rings. The zero-order valence-electron chi connectivity index (χ0n) is 11.8. The van der Waals surface area contributed by atoms with E-state index in [1.54, 1.807) is 0 Å². The van der Waals surface area contributed by atoms with Crippen molar-refractivity contribution in [2.75, 3.05) is 0 Å². The summed E-state index contributed by atoms with van der Waals surface area (Å²) in [4.78, 5) is 12.0. The Hall–Kier alpha value is -0.790. The van der Waals surface area contributed by atoms with Gasteiger partial charge in [0.2, 0.25) is 0 Å². The van der Waals surface area contributed by atoms with Crippen LogP contribution in [0.15, 0.2) is 12.2 Å². The topological polar surface area (TPSA) is 26.3 Å². The number of carbonyl (C=O) groups excluding carboxylic acids is 1. The van der Waals surface area contributed by atoms with Crippen molar-refractivity contribution in [2.24, 2.45) is 11.8 Å². The maximum Gasteiger partial charge on any atom is 0.333 e. The van der Waals surface area contributed by atoms with Gasteiger partial charge in [-0.25, -0.2) is 4.79 Å². The lowest BCUT2D eigenvalue weighted by Crippen LogP contribution is -2.30. The molecule has 0 heterocycles. The van der Waals surface area contributed by atoms with Crippen molar-refractivity contribution in [3.63, 3.8) is 0 Å². The summed E-state index contributed by atoms with van der Waals surface area (Å²) in [7, 11) is 0. The lowest BCUT2D eigenvalue weighted by atomic mass is 9.97. The number of rotatable bonds is 6. The zero-order chi connectivity index (χ0) is 13.2. The largest absolute Gasteiger partial charge is 0.456 e. The molecule has 0 amide bonds. The lowest BCUT2D eigenvalue weighted by Gasteiger charge is -2.27. The number of esters is 1. The second-order valence-electron chi connectivity index (χ2n) is 6.61. The highest BCUT2D eigenvalue weighted by molar-refractivity contribution is 5.88. The molecule has 0 N–H and O–H groups in total. The highest BCUT2D eigenvalue weighted by atomic mass is 16.6. The van der Waals surface area contributed by atoms with E-state index in [1.807, 2.05) is 0 Å². The van der Waals surface area contributed by atoms with Crippen molar-refractivity contribution in [1.82, 2.24) is 0 Å². The molecule has 2 nitrogen and oxygen atoms in total. The van der Waals surface area contributed by atoms with E-state index in [0.717, 1.165) is 44.4 Å². The van der Waals surface area contributed by atoms with Crippen LogP contribution >= 0.6 is 0 Å². The molecule has 0 spiro atoms. The van der Waals surface area contributed by atoms with Crippen LogP contribution in [-0.2, 0) is 9.53 Å². The summed E-state index contributed by atoms with van der Waals surface area (Å²) in [6, 6.07) is 0. The minimum Gasteiger partial charge on any atom is -0.456 e. The zero-order valence-corrected chi connectivity index (χ0v) is 11.8. The smallest absolute Gasteiger partial charge is 0.333 e. The van der Waals surface area contributed by atoms with Crippen LogP contribution in [-0.4, -0.2) is 11.6 Å². The molecule has 0 aliphatic heterocycles. The van der Waals surface area contributed by atoms with Crippen LogP contribution in [0.1, 0.15) is 65.2 Å². The molecule has 102 valence electrons. The fourth-order valence-corrected chi connectivity index (χ4v) is 3.38. The van der Waals surface area contributed by atoms with E-state index < -0.39 is 0 Å². The van der Waals surface area contributed by atoms with Gasteiger partial charge in [0, 0.05) is 5.57 Å². The third-order valence-corrected chi connectivity index (χ3v) is 4.53. The van der Waals surface area contributed by atoms with Gasteiger partial charge < -0.3 is 4.74 Å². The van der Waals surface area contributed by atoms with Crippen LogP contribution in [0.25, 0.3) is 0 Å². The van der Waals surface area contributed by atoms with E-state index in [-0.39, 0.29) is 11.6 Å². The van der Waals surface area contributed by atoms with Gasteiger partial charge in [-0.15, -0.1) is 0 Å². The molecule has 2 bridgehead atoms. The Kier molecular flexibility index (Phi) is 4.14. The first-order chi connectivity index (χ1) is 8.51. The van der Waals surface area contributed by atoms with E-state index in [0.29, 0.717) is 11.5 Å². The minimum absolute atomic E-state index is 0.108. The first-order valence-corrected chi connectivity index (χ1v) is 7.42. The van der Waals surface area contributed by atoms with Gasteiger partial charge in [-0.1, -0.05) is 26.8 Å². The van der Waals surface area contributed by atoms with Crippen LogP contribution in [0.4, 0.5) is 0 Å². The summed E-state index contributed by atoms with van der Waals surface area (Å²) in [5.41, 5.74) is 0.559. The average Bonchev–Trinajstić information content (AvgIpc) is 2.88. The molecule has 2 aliphatic carbocycles. The van der Waals surface area contributed by atoms with Gasteiger partial charge in [-0.2, -0.15) is 0 Å². The van der Waals surface area contributed by atoms with E-state index >= 15 is 0 Å². The first kappa shape index (κ1) is 13.6. The maximum atomic E-state index is 12.0. The number of hydrogen-bond acceptors (Lipinski definition) is 2.